The molecule has 1 aromatic rings. The fraction of sp³-hybridized carbons (Fsp3) is 0.652. The second-order valence-corrected chi connectivity index (χ2v) is 16.5. The Morgan fingerprint density at radius 2 is 1.68 bits per heavy atom. The Morgan fingerprint density at radius 3 is 2.06 bits per heavy atom. The molecule has 0 amide bonds. The summed E-state index contributed by atoms with van der Waals surface area (Å²) in [5.74, 6) is 0.310. The molecule has 174 valence electrons. The van der Waals surface area contributed by atoms with Crippen molar-refractivity contribution in [3.63, 3.8) is 0 Å². The zero-order chi connectivity index (χ0) is 23.4. The molecule has 0 saturated heterocycles. The number of aryl methyl sites for hydroxylation is 1. The maximum atomic E-state index is 12.4. The third-order valence-electron chi connectivity index (χ3n) is 6.19. The van der Waals surface area contributed by atoms with Crippen LogP contribution in [0.1, 0.15) is 52.0 Å². The molecule has 1 aromatic carbocycles. The zero-order valence-electron chi connectivity index (χ0n) is 19.5. The molecule has 8 heteroatoms. The second-order valence-electron chi connectivity index (χ2n) is 10.1. The monoisotopic (exact) mass is 468 g/mol. The summed E-state index contributed by atoms with van der Waals surface area (Å²) in [5, 5.41) is 0.0932. The van der Waals surface area contributed by atoms with Crippen molar-refractivity contribution >= 4 is 30.5 Å². The molecular weight excluding hydrogens is 432 g/mol. The minimum Gasteiger partial charge on any atom is -0.411 e. The molecule has 1 atom stereocenters. The number of carbonyl (C=O) groups excluding carboxylic acids is 2. The molecule has 0 radical (unpaired) electrons. The lowest BCUT2D eigenvalue weighted by Crippen LogP contribution is -2.45. The van der Waals surface area contributed by atoms with E-state index in [4.69, 9.17) is 8.61 Å². The summed E-state index contributed by atoms with van der Waals surface area (Å²) in [6.45, 7) is 13.0. The number of Topliss-reactive ketones (excluding diaryl/α,β-unsaturated/α-hetero) is 1. The van der Waals surface area contributed by atoms with Gasteiger partial charge >= 0.3 is 0 Å². The third-order valence-corrected chi connectivity index (χ3v) is 12.0. The normalized spacial score (nSPS) is 18.0. The van der Waals surface area contributed by atoms with Crippen LogP contribution in [-0.4, -0.2) is 41.5 Å². The Bertz CT molecular complexity index is 862. The maximum absolute atomic E-state index is 12.4. The summed E-state index contributed by atoms with van der Waals surface area (Å²) in [5.41, 5.74) is 1.02. The van der Waals surface area contributed by atoms with Crippen LogP contribution in [-0.2, 0) is 28.3 Å². The standard InChI is InChI=1S/C18H30O4SSi.C5H6O2/c1-14-7-11-16(12-8-14)23(19,20)21-13-17(15-9-10-15)22-24(5,6)18(2,3)4;6-3-5(7)4-1-2-4/h7-8,11-12,15,17H,9-10,13H2,1-6H3;3-4H,1-2H2/t17-;/m1./s1. The molecule has 2 aliphatic carbocycles. The number of rotatable bonds is 9. The largest absolute Gasteiger partial charge is 0.411 e. The fourth-order valence-electron chi connectivity index (χ4n) is 2.68. The molecule has 0 heterocycles. The molecule has 2 fully saturated rings. The maximum Gasteiger partial charge on any atom is 0.297 e. The lowest BCUT2D eigenvalue weighted by molar-refractivity contribution is -0.130. The Labute approximate surface area is 188 Å². The van der Waals surface area contributed by atoms with Gasteiger partial charge in [-0.15, -0.1) is 0 Å². The predicted molar refractivity (Wildman–Crippen MR) is 123 cm³/mol. The first kappa shape index (κ1) is 25.9. The molecule has 0 unspecified atom stereocenters. The minimum absolute atomic E-state index is 0.0932. The number of aldehydes is 1. The van der Waals surface area contributed by atoms with E-state index in [9.17, 15) is 18.0 Å². The van der Waals surface area contributed by atoms with Gasteiger partial charge in [-0.25, -0.2) is 0 Å². The van der Waals surface area contributed by atoms with Crippen molar-refractivity contribution < 1.29 is 26.6 Å². The van der Waals surface area contributed by atoms with Gasteiger partial charge in [0.25, 0.3) is 10.1 Å². The number of ketones is 1. The number of carbonyl (C=O) groups is 2. The summed E-state index contributed by atoms with van der Waals surface area (Å²) in [6, 6.07) is 6.73. The van der Waals surface area contributed by atoms with Gasteiger partial charge in [0.2, 0.25) is 0 Å². The highest BCUT2D eigenvalue weighted by Gasteiger charge is 2.43. The van der Waals surface area contributed by atoms with Crippen LogP contribution in [0.3, 0.4) is 0 Å². The van der Waals surface area contributed by atoms with Gasteiger partial charge in [-0.2, -0.15) is 8.42 Å². The van der Waals surface area contributed by atoms with Crippen molar-refractivity contribution in [2.45, 2.75) is 82.5 Å². The van der Waals surface area contributed by atoms with E-state index in [0.29, 0.717) is 12.2 Å². The van der Waals surface area contributed by atoms with Crippen LogP contribution < -0.4 is 0 Å². The minimum atomic E-state index is -3.73. The van der Waals surface area contributed by atoms with Crippen LogP contribution in [0, 0.1) is 18.8 Å². The SMILES string of the molecule is Cc1ccc(S(=O)(=O)OC[C@@H](O[Si](C)(C)C(C)(C)C)C2CC2)cc1.O=CC(=O)C1CC1. The van der Waals surface area contributed by atoms with E-state index >= 15 is 0 Å². The molecule has 0 spiro atoms. The van der Waals surface area contributed by atoms with Crippen molar-refractivity contribution in [3.8, 4) is 0 Å². The molecule has 6 nitrogen and oxygen atoms in total. The number of hydrogen-bond donors (Lipinski definition) is 0. The van der Waals surface area contributed by atoms with Crippen LogP contribution in [0.15, 0.2) is 29.2 Å². The van der Waals surface area contributed by atoms with Crippen molar-refractivity contribution in [2.75, 3.05) is 6.61 Å². The fourth-order valence-corrected chi connectivity index (χ4v) is 4.97. The first-order chi connectivity index (χ1) is 14.3. The van der Waals surface area contributed by atoms with Gasteiger partial charge in [0, 0.05) is 5.92 Å². The van der Waals surface area contributed by atoms with Crippen molar-refractivity contribution in [3.05, 3.63) is 29.8 Å². The van der Waals surface area contributed by atoms with Crippen LogP contribution in [0.2, 0.25) is 18.1 Å². The molecule has 0 N–H and O–H groups in total. The van der Waals surface area contributed by atoms with Crippen LogP contribution in [0.4, 0.5) is 0 Å². The van der Waals surface area contributed by atoms with Crippen molar-refractivity contribution in [1.29, 1.82) is 0 Å². The van der Waals surface area contributed by atoms with Crippen molar-refractivity contribution in [1.82, 2.24) is 0 Å². The molecule has 3 rings (SSSR count). The Hall–Kier alpha value is -1.35. The van der Waals surface area contributed by atoms with E-state index in [1.54, 1.807) is 24.3 Å². The molecular formula is C23H36O6SSi. The van der Waals surface area contributed by atoms with E-state index in [1.807, 2.05) is 6.92 Å². The summed E-state index contributed by atoms with van der Waals surface area (Å²) >= 11 is 0. The van der Waals surface area contributed by atoms with Crippen molar-refractivity contribution in [2.24, 2.45) is 11.8 Å². The Kier molecular flexibility index (Phi) is 8.41. The number of benzene rings is 1. The summed E-state index contributed by atoms with van der Waals surface area (Å²) in [4.78, 5) is 20.0. The Balaban J connectivity index is 0.000000412. The molecule has 31 heavy (non-hydrogen) atoms. The first-order valence-corrected chi connectivity index (χ1v) is 15.2. The van der Waals surface area contributed by atoms with Gasteiger partial charge in [0.1, 0.15) is 0 Å². The van der Waals surface area contributed by atoms with Gasteiger partial charge in [0.05, 0.1) is 17.6 Å². The van der Waals surface area contributed by atoms with Crippen LogP contribution in [0.5, 0.6) is 0 Å². The molecule has 0 aromatic heterocycles. The van der Waals surface area contributed by atoms with Gasteiger partial charge < -0.3 is 4.43 Å². The second kappa shape index (κ2) is 10.1. The van der Waals surface area contributed by atoms with E-state index < -0.39 is 18.4 Å². The van der Waals surface area contributed by atoms with Gasteiger partial charge in [-0.3, -0.25) is 13.8 Å². The smallest absolute Gasteiger partial charge is 0.297 e. The molecule has 2 aliphatic rings. The highest BCUT2D eigenvalue weighted by atomic mass is 32.2. The summed E-state index contributed by atoms with van der Waals surface area (Å²) < 4.78 is 36.5. The van der Waals surface area contributed by atoms with E-state index in [0.717, 1.165) is 31.2 Å². The quantitative estimate of drug-likeness (QED) is 0.227. The van der Waals surface area contributed by atoms with Crippen LogP contribution in [0.25, 0.3) is 0 Å². The molecule has 0 aliphatic heterocycles. The zero-order valence-corrected chi connectivity index (χ0v) is 21.3. The molecule has 2 saturated carbocycles. The first-order valence-electron chi connectivity index (χ1n) is 10.9. The summed E-state index contributed by atoms with van der Waals surface area (Å²) in [6.07, 6.45) is 4.32. The lowest BCUT2D eigenvalue weighted by Gasteiger charge is -2.39. The predicted octanol–water partition coefficient (Wildman–Crippen LogP) is 4.67. The van der Waals surface area contributed by atoms with Crippen LogP contribution >= 0.6 is 0 Å². The highest BCUT2D eigenvalue weighted by molar-refractivity contribution is 7.86. The highest BCUT2D eigenvalue weighted by Crippen LogP contribution is 2.42. The third kappa shape index (κ3) is 7.93. The molecule has 0 bridgehead atoms. The van der Waals surface area contributed by atoms with Gasteiger partial charge in [-0.1, -0.05) is 38.5 Å². The van der Waals surface area contributed by atoms with Gasteiger partial charge in [-0.05, 0) is 68.8 Å². The topological polar surface area (TPSA) is 86.7 Å². The lowest BCUT2D eigenvalue weighted by atomic mass is 10.2. The number of hydrogen-bond acceptors (Lipinski definition) is 6. The van der Waals surface area contributed by atoms with E-state index in [-0.39, 0.29) is 34.3 Å². The van der Waals surface area contributed by atoms with Gasteiger partial charge in [0.15, 0.2) is 20.4 Å². The summed E-state index contributed by atoms with van der Waals surface area (Å²) in [7, 11) is -5.68. The van der Waals surface area contributed by atoms with E-state index in [1.165, 1.54) is 0 Å². The average Bonchev–Trinajstić information content (AvgIpc) is 3.56. The Morgan fingerprint density at radius 1 is 1.13 bits per heavy atom. The average molecular weight is 469 g/mol. The van der Waals surface area contributed by atoms with E-state index in [2.05, 4.69) is 33.9 Å².